The van der Waals surface area contributed by atoms with Crippen molar-refractivity contribution < 1.29 is 9.72 Å². The lowest BCUT2D eigenvalue weighted by Gasteiger charge is -2.00. The zero-order chi connectivity index (χ0) is 11.4. The average molecular weight is 208 g/mol. The van der Waals surface area contributed by atoms with Crippen LogP contribution in [0.4, 0.5) is 5.69 Å². The van der Waals surface area contributed by atoms with Gasteiger partial charge in [-0.2, -0.15) is 0 Å². The van der Waals surface area contributed by atoms with Crippen molar-refractivity contribution in [3.63, 3.8) is 0 Å². The Balaban J connectivity index is 2.97. The predicted octanol–water partition coefficient (Wildman–Crippen LogP) is 1.82. The van der Waals surface area contributed by atoms with Gasteiger partial charge in [0.1, 0.15) is 5.78 Å². The van der Waals surface area contributed by atoms with Crippen molar-refractivity contribution >= 4 is 11.5 Å². The third-order valence-corrected chi connectivity index (χ3v) is 2.10. The molecule has 0 fully saturated rings. The minimum Gasteiger partial charge on any atom is -0.299 e. The van der Waals surface area contributed by atoms with Gasteiger partial charge in [-0.3, -0.25) is 19.9 Å². The molecule has 0 radical (unpaired) electrons. The second kappa shape index (κ2) is 4.63. The normalized spacial score (nSPS) is 10.0. The fourth-order valence-electron chi connectivity index (χ4n) is 1.18. The molecule has 0 amide bonds. The molecule has 0 spiro atoms. The summed E-state index contributed by atoms with van der Waals surface area (Å²) in [6, 6.07) is 1.36. The molecule has 1 heterocycles. The monoisotopic (exact) mass is 208 g/mol. The first-order valence-electron chi connectivity index (χ1n) is 4.66. The molecule has 0 aliphatic rings. The molecule has 1 aromatic heterocycles. The highest BCUT2D eigenvalue weighted by molar-refractivity contribution is 5.80. The summed E-state index contributed by atoms with van der Waals surface area (Å²) < 4.78 is 0. The predicted molar refractivity (Wildman–Crippen MR) is 54.6 cm³/mol. The summed E-state index contributed by atoms with van der Waals surface area (Å²) in [5.41, 5.74) is 0.982. The molecule has 15 heavy (non-hydrogen) atoms. The maximum Gasteiger partial charge on any atom is 0.275 e. The SMILES string of the molecule is CCC(=O)Cc1cc([N+](=O)[O-])c(C)cn1. The van der Waals surface area contributed by atoms with Gasteiger partial charge in [-0.05, 0) is 6.92 Å². The van der Waals surface area contributed by atoms with Crippen LogP contribution in [-0.2, 0) is 11.2 Å². The van der Waals surface area contributed by atoms with Crippen molar-refractivity contribution in [1.29, 1.82) is 0 Å². The molecular formula is C10H12N2O3. The van der Waals surface area contributed by atoms with Crippen LogP contribution in [0.5, 0.6) is 0 Å². The number of aryl methyl sites for hydroxylation is 1. The Morgan fingerprint density at radius 3 is 2.80 bits per heavy atom. The van der Waals surface area contributed by atoms with E-state index in [0.29, 0.717) is 17.7 Å². The highest BCUT2D eigenvalue weighted by atomic mass is 16.6. The maximum absolute atomic E-state index is 11.1. The Bertz CT molecular complexity index is 402. The van der Waals surface area contributed by atoms with Crippen molar-refractivity contribution in [1.82, 2.24) is 4.98 Å². The highest BCUT2D eigenvalue weighted by Gasteiger charge is 2.13. The Morgan fingerprint density at radius 2 is 2.27 bits per heavy atom. The van der Waals surface area contributed by atoms with Gasteiger partial charge >= 0.3 is 0 Å². The fourth-order valence-corrected chi connectivity index (χ4v) is 1.18. The summed E-state index contributed by atoms with van der Waals surface area (Å²) in [4.78, 5) is 25.3. The van der Waals surface area contributed by atoms with Gasteiger partial charge in [0.25, 0.3) is 5.69 Å². The van der Waals surface area contributed by atoms with Gasteiger partial charge in [0.2, 0.25) is 0 Å². The number of hydrogen-bond acceptors (Lipinski definition) is 4. The molecule has 1 rings (SSSR count). The topological polar surface area (TPSA) is 73.1 Å². The second-order valence-corrected chi connectivity index (χ2v) is 3.29. The lowest BCUT2D eigenvalue weighted by molar-refractivity contribution is -0.385. The minimum atomic E-state index is -0.461. The van der Waals surface area contributed by atoms with E-state index in [0.717, 1.165) is 0 Å². The van der Waals surface area contributed by atoms with Crippen molar-refractivity contribution in [2.24, 2.45) is 0 Å². The number of carbonyl (C=O) groups is 1. The van der Waals surface area contributed by atoms with Gasteiger partial charge in [-0.15, -0.1) is 0 Å². The van der Waals surface area contributed by atoms with E-state index in [4.69, 9.17) is 0 Å². The first kappa shape index (κ1) is 11.3. The van der Waals surface area contributed by atoms with Gasteiger partial charge in [-0.25, -0.2) is 0 Å². The number of rotatable bonds is 4. The maximum atomic E-state index is 11.1. The summed E-state index contributed by atoms with van der Waals surface area (Å²) in [5, 5.41) is 10.6. The van der Waals surface area contributed by atoms with Crippen LogP contribution in [-0.4, -0.2) is 15.7 Å². The van der Waals surface area contributed by atoms with Crippen LogP contribution in [0.3, 0.4) is 0 Å². The molecule has 1 aromatic rings. The number of nitrogens with zero attached hydrogens (tertiary/aromatic N) is 2. The zero-order valence-electron chi connectivity index (χ0n) is 8.69. The number of pyridine rings is 1. The molecule has 0 saturated carbocycles. The molecule has 0 atom stereocenters. The number of hydrogen-bond donors (Lipinski definition) is 0. The molecule has 0 aliphatic carbocycles. The number of Topliss-reactive ketones (excluding diaryl/α,β-unsaturated/α-hetero) is 1. The van der Waals surface area contributed by atoms with Gasteiger partial charge in [0.05, 0.1) is 10.6 Å². The van der Waals surface area contributed by atoms with Crippen LogP contribution in [0.1, 0.15) is 24.6 Å². The Labute approximate surface area is 87.3 Å². The number of nitro groups is 1. The third-order valence-electron chi connectivity index (χ3n) is 2.10. The van der Waals surface area contributed by atoms with Crippen molar-refractivity contribution in [3.8, 4) is 0 Å². The molecule has 0 saturated heterocycles. The van der Waals surface area contributed by atoms with E-state index in [1.807, 2.05) is 0 Å². The van der Waals surface area contributed by atoms with Crippen LogP contribution in [0.2, 0.25) is 0 Å². The first-order chi connectivity index (χ1) is 7.04. The molecule has 0 unspecified atom stereocenters. The zero-order valence-corrected chi connectivity index (χ0v) is 8.69. The van der Waals surface area contributed by atoms with E-state index < -0.39 is 4.92 Å². The van der Waals surface area contributed by atoms with E-state index in [1.165, 1.54) is 12.3 Å². The standard InChI is InChI=1S/C10H12N2O3/c1-3-9(13)4-8-5-10(12(14)15)7(2)6-11-8/h5-6H,3-4H2,1-2H3. The molecule has 0 aromatic carbocycles. The molecule has 0 bridgehead atoms. The summed E-state index contributed by atoms with van der Waals surface area (Å²) in [6.07, 6.45) is 2.01. The summed E-state index contributed by atoms with van der Waals surface area (Å²) in [5.74, 6) is 0.0284. The Kier molecular flexibility index (Phi) is 3.49. The average Bonchev–Trinajstić information content (AvgIpc) is 2.20. The van der Waals surface area contributed by atoms with E-state index in [1.54, 1.807) is 13.8 Å². The molecule has 80 valence electrons. The molecule has 0 aliphatic heterocycles. The second-order valence-electron chi connectivity index (χ2n) is 3.29. The van der Waals surface area contributed by atoms with E-state index in [2.05, 4.69) is 4.98 Å². The van der Waals surface area contributed by atoms with Gasteiger partial charge < -0.3 is 0 Å². The van der Waals surface area contributed by atoms with Crippen LogP contribution in [0, 0.1) is 17.0 Å². The van der Waals surface area contributed by atoms with Crippen LogP contribution in [0.15, 0.2) is 12.3 Å². The van der Waals surface area contributed by atoms with Gasteiger partial charge in [-0.1, -0.05) is 6.92 Å². The quantitative estimate of drug-likeness (QED) is 0.558. The minimum absolute atomic E-state index is 0.0175. The summed E-state index contributed by atoms with van der Waals surface area (Å²) in [7, 11) is 0. The number of aromatic nitrogens is 1. The number of carbonyl (C=O) groups excluding carboxylic acids is 1. The van der Waals surface area contributed by atoms with Crippen LogP contribution in [0.25, 0.3) is 0 Å². The van der Waals surface area contributed by atoms with Crippen molar-refractivity contribution in [2.75, 3.05) is 0 Å². The van der Waals surface area contributed by atoms with Gasteiger partial charge in [0, 0.05) is 30.7 Å². The Morgan fingerprint density at radius 1 is 1.60 bits per heavy atom. The summed E-state index contributed by atoms with van der Waals surface area (Å²) in [6.45, 7) is 3.38. The number of ketones is 1. The highest BCUT2D eigenvalue weighted by Crippen LogP contribution is 2.17. The molecule has 5 nitrogen and oxygen atoms in total. The molecule has 0 N–H and O–H groups in total. The Hall–Kier alpha value is -1.78. The first-order valence-corrected chi connectivity index (χ1v) is 4.66. The third kappa shape index (κ3) is 2.83. The van der Waals surface area contributed by atoms with E-state index >= 15 is 0 Å². The molecular weight excluding hydrogens is 196 g/mol. The largest absolute Gasteiger partial charge is 0.299 e. The van der Waals surface area contributed by atoms with E-state index in [9.17, 15) is 14.9 Å². The van der Waals surface area contributed by atoms with Gasteiger partial charge in [0.15, 0.2) is 0 Å². The van der Waals surface area contributed by atoms with Crippen LogP contribution >= 0.6 is 0 Å². The smallest absolute Gasteiger partial charge is 0.275 e. The lowest BCUT2D eigenvalue weighted by atomic mass is 10.1. The fraction of sp³-hybridized carbons (Fsp3) is 0.400. The molecule has 5 heteroatoms. The van der Waals surface area contributed by atoms with E-state index in [-0.39, 0.29) is 17.9 Å². The van der Waals surface area contributed by atoms with Crippen molar-refractivity contribution in [2.45, 2.75) is 26.7 Å². The summed E-state index contributed by atoms with van der Waals surface area (Å²) >= 11 is 0. The lowest BCUT2D eigenvalue weighted by Crippen LogP contribution is -2.04. The van der Waals surface area contributed by atoms with Crippen molar-refractivity contribution in [3.05, 3.63) is 33.6 Å². The van der Waals surface area contributed by atoms with Crippen LogP contribution < -0.4 is 0 Å².